The number of rotatable bonds is 1. The van der Waals surface area contributed by atoms with Gasteiger partial charge in [0.05, 0.1) is 0 Å². The molecule has 0 saturated carbocycles. The number of amides is 2. The molecule has 0 N–H and O–H groups in total. The zero-order valence-electron chi connectivity index (χ0n) is 7.23. The lowest BCUT2D eigenvalue weighted by molar-refractivity contribution is 0.196. The van der Waals surface area contributed by atoms with Gasteiger partial charge in [-0.25, -0.2) is 0 Å². The lowest BCUT2D eigenvalue weighted by Crippen LogP contribution is -2.36. The minimum Gasteiger partial charge on any atom is -0.255 e. The van der Waals surface area contributed by atoms with Gasteiger partial charge < -0.3 is 0 Å². The third-order valence-corrected chi connectivity index (χ3v) is 1.46. The predicted molar refractivity (Wildman–Crippen MR) is 48.7 cm³/mol. The Morgan fingerprint density at radius 3 is 1.58 bits per heavy atom. The zero-order chi connectivity index (χ0) is 9.94. The van der Waals surface area contributed by atoms with Crippen LogP contribution in [0.4, 0.5) is 9.59 Å². The summed E-state index contributed by atoms with van der Waals surface area (Å²) in [5, 5.41) is -1.69. The highest BCUT2D eigenvalue weighted by atomic mass is 35.5. The summed E-state index contributed by atoms with van der Waals surface area (Å²) in [5.41, 5.74) is -0.199. The van der Waals surface area contributed by atoms with Crippen molar-refractivity contribution < 1.29 is 9.59 Å². The smallest absolute Gasteiger partial charge is 0.255 e. The van der Waals surface area contributed by atoms with Gasteiger partial charge in [0.25, 0.3) is 0 Å². The van der Waals surface area contributed by atoms with Crippen molar-refractivity contribution in [2.45, 2.75) is 20.8 Å². The van der Waals surface area contributed by atoms with Crippen molar-refractivity contribution >= 4 is 33.9 Å². The van der Waals surface area contributed by atoms with E-state index in [-0.39, 0.29) is 12.0 Å². The summed E-state index contributed by atoms with van der Waals surface area (Å²) < 4.78 is 0. The number of hydrogen-bond acceptors (Lipinski definition) is 2. The molecular weight excluding hydrogens is 201 g/mol. The maximum atomic E-state index is 10.6. The van der Waals surface area contributed by atoms with Gasteiger partial charge in [-0.15, -0.1) is 0 Å². The number of nitrogens with zero attached hydrogens (tertiary/aromatic N) is 1. The van der Waals surface area contributed by atoms with Gasteiger partial charge in [-0.05, 0) is 28.6 Å². The molecule has 5 heteroatoms. The van der Waals surface area contributed by atoms with Crippen LogP contribution >= 0.6 is 23.2 Å². The number of carbonyl (C=O) groups excluding carboxylic acids is 2. The first-order valence-corrected chi connectivity index (χ1v) is 4.16. The van der Waals surface area contributed by atoms with Crippen LogP contribution < -0.4 is 0 Å². The van der Waals surface area contributed by atoms with E-state index in [1.54, 1.807) is 0 Å². The summed E-state index contributed by atoms with van der Waals surface area (Å²) in [6, 6.07) is 0. The average molecular weight is 212 g/mol. The molecule has 0 atom stereocenters. The van der Waals surface area contributed by atoms with E-state index < -0.39 is 10.7 Å². The maximum absolute atomic E-state index is 10.6. The SMILES string of the molecule is CC(C)(C)CN(C(=O)Cl)C(=O)Cl. The lowest BCUT2D eigenvalue weighted by atomic mass is 9.96. The molecule has 0 saturated heterocycles. The molecule has 12 heavy (non-hydrogen) atoms. The molecule has 0 aliphatic rings. The molecule has 0 heterocycles. The average Bonchev–Trinajstić information content (AvgIpc) is 1.79. The summed E-state index contributed by atoms with van der Waals surface area (Å²) in [6.07, 6.45) is 0. The predicted octanol–water partition coefficient (Wildman–Crippen LogP) is 3.05. The van der Waals surface area contributed by atoms with Crippen molar-refractivity contribution in [1.29, 1.82) is 0 Å². The molecule has 0 radical (unpaired) electrons. The van der Waals surface area contributed by atoms with Crippen LogP contribution in [0, 0.1) is 5.41 Å². The van der Waals surface area contributed by atoms with Crippen molar-refractivity contribution in [3.8, 4) is 0 Å². The maximum Gasteiger partial charge on any atom is 0.324 e. The highest BCUT2D eigenvalue weighted by molar-refractivity contribution is 6.70. The standard InChI is InChI=1S/C7H11Cl2NO2/c1-7(2,3)4-10(5(8)11)6(9)12/h4H2,1-3H3. The van der Waals surface area contributed by atoms with Crippen LogP contribution in [0.3, 0.4) is 0 Å². The van der Waals surface area contributed by atoms with E-state index in [2.05, 4.69) is 0 Å². The summed E-state index contributed by atoms with van der Waals surface area (Å²) in [6.45, 7) is 5.84. The molecular formula is C7H11Cl2NO2. The first-order valence-electron chi connectivity index (χ1n) is 3.40. The van der Waals surface area contributed by atoms with Gasteiger partial charge in [0, 0.05) is 6.54 Å². The van der Waals surface area contributed by atoms with Gasteiger partial charge in [-0.3, -0.25) is 14.5 Å². The second-order valence-electron chi connectivity index (χ2n) is 3.65. The van der Waals surface area contributed by atoms with E-state index in [0.29, 0.717) is 0 Å². The molecule has 70 valence electrons. The Labute approximate surface area is 81.6 Å². The molecule has 2 amide bonds. The number of carbonyl (C=O) groups is 2. The Morgan fingerprint density at radius 1 is 1.17 bits per heavy atom. The summed E-state index contributed by atoms with van der Waals surface area (Å²) in [5.74, 6) is 0. The Balaban J connectivity index is 4.35. The second kappa shape index (κ2) is 4.10. The van der Waals surface area contributed by atoms with Gasteiger partial charge >= 0.3 is 10.7 Å². The number of hydrogen-bond donors (Lipinski definition) is 0. The monoisotopic (exact) mass is 211 g/mol. The third-order valence-electron chi connectivity index (χ3n) is 1.06. The van der Waals surface area contributed by atoms with Crippen LogP contribution in [0.25, 0.3) is 0 Å². The van der Waals surface area contributed by atoms with Crippen LogP contribution in [0.15, 0.2) is 0 Å². The van der Waals surface area contributed by atoms with Gasteiger partial charge in [0.2, 0.25) is 0 Å². The van der Waals surface area contributed by atoms with E-state index in [1.807, 2.05) is 20.8 Å². The van der Waals surface area contributed by atoms with E-state index in [9.17, 15) is 9.59 Å². The first kappa shape index (κ1) is 11.7. The number of halogens is 2. The van der Waals surface area contributed by atoms with E-state index >= 15 is 0 Å². The normalized spacial score (nSPS) is 11.1. The minimum absolute atomic E-state index is 0.199. The van der Waals surface area contributed by atoms with Crippen LogP contribution in [0.1, 0.15) is 20.8 Å². The molecule has 0 unspecified atom stereocenters. The summed E-state index contributed by atoms with van der Waals surface area (Å²) >= 11 is 10.3. The molecule has 0 rings (SSSR count). The van der Waals surface area contributed by atoms with E-state index in [1.165, 1.54) is 0 Å². The van der Waals surface area contributed by atoms with Gasteiger partial charge in [-0.2, -0.15) is 0 Å². The molecule has 0 aromatic rings. The molecule has 0 bridgehead atoms. The largest absolute Gasteiger partial charge is 0.324 e. The molecule has 0 aromatic heterocycles. The zero-order valence-corrected chi connectivity index (χ0v) is 8.74. The Hall–Kier alpha value is -0.280. The molecule has 0 aliphatic carbocycles. The van der Waals surface area contributed by atoms with Gasteiger partial charge in [0.1, 0.15) is 0 Å². The Morgan fingerprint density at radius 2 is 1.50 bits per heavy atom. The fourth-order valence-electron chi connectivity index (χ4n) is 0.668. The van der Waals surface area contributed by atoms with Crippen LogP contribution in [-0.4, -0.2) is 22.2 Å². The lowest BCUT2D eigenvalue weighted by Gasteiger charge is -2.24. The second-order valence-corrected chi connectivity index (χ2v) is 4.30. The summed E-state index contributed by atoms with van der Waals surface area (Å²) in [7, 11) is 0. The molecule has 0 spiro atoms. The van der Waals surface area contributed by atoms with Crippen molar-refractivity contribution in [1.82, 2.24) is 4.90 Å². The molecule has 0 aromatic carbocycles. The molecule has 3 nitrogen and oxygen atoms in total. The van der Waals surface area contributed by atoms with Crippen molar-refractivity contribution in [2.24, 2.45) is 5.41 Å². The van der Waals surface area contributed by atoms with Crippen LogP contribution in [0.2, 0.25) is 0 Å². The van der Waals surface area contributed by atoms with Crippen molar-refractivity contribution in [2.75, 3.05) is 6.54 Å². The fourth-order valence-corrected chi connectivity index (χ4v) is 0.984. The Bertz CT molecular complexity index is 184. The van der Waals surface area contributed by atoms with E-state index in [0.717, 1.165) is 4.90 Å². The third kappa shape index (κ3) is 4.57. The van der Waals surface area contributed by atoms with Crippen molar-refractivity contribution in [3.05, 3.63) is 0 Å². The quantitative estimate of drug-likeness (QED) is 0.494. The van der Waals surface area contributed by atoms with E-state index in [4.69, 9.17) is 23.2 Å². The van der Waals surface area contributed by atoms with Gasteiger partial charge in [-0.1, -0.05) is 20.8 Å². The minimum atomic E-state index is -0.843. The first-order chi connectivity index (χ1) is 5.24. The highest BCUT2D eigenvalue weighted by Gasteiger charge is 2.23. The topological polar surface area (TPSA) is 37.4 Å². The van der Waals surface area contributed by atoms with Crippen LogP contribution in [0.5, 0.6) is 0 Å². The Kier molecular flexibility index (Phi) is 4.00. The van der Waals surface area contributed by atoms with Gasteiger partial charge in [0.15, 0.2) is 0 Å². The van der Waals surface area contributed by atoms with Crippen molar-refractivity contribution in [3.63, 3.8) is 0 Å². The summed E-state index contributed by atoms with van der Waals surface area (Å²) in [4.78, 5) is 22.1. The molecule has 0 fully saturated rings. The fraction of sp³-hybridized carbons (Fsp3) is 0.714. The van der Waals surface area contributed by atoms with Crippen LogP contribution in [-0.2, 0) is 0 Å². The highest BCUT2D eigenvalue weighted by Crippen LogP contribution is 2.17. The number of imide groups is 1. The molecule has 0 aliphatic heterocycles.